The first-order chi connectivity index (χ1) is 15.0. The van der Waals surface area contributed by atoms with Crippen LogP contribution in [0.15, 0.2) is 29.2 Å². The van der Waals surface area contributed by atoms with E-state index in [9.17, 15) is 9.66 Å². The van der Waals surface area contributed by atoms with Crippen molar-refractivity contribution in [3.05, 3.63) is 41.1 Å². The highest BCUT2D eigenvalue weighted by atomic mass is 32.2. The van der Waals surface area contributed by atoms with E-state index in [4.69, 9.17) is 16.4 Å². The van der Waals surface area contributed by atoms with E-state index in [-0.39, 0.29) is 18.6 Å². The second kappa shape index (κ2) is 9.47. The Morgan fingerprint density at radius 1 is 1.32 bits per heavy atom. The number of aromatic nitrogens is 2. The van der Waals surface area contributed by atoms with Crippen molar-refractivity contribution in [1.82, 2.24) is 9.97 Å². The number of piperidine rings is 1. The fourth-order valence-corrected chi connectivity index (χ4v) is 5.63. The molecule has 0 radical (unpaired) electrons. The van der Waals surface area contributed by atoms with Gasteiger partial charge in [-0.25, -0.2) is 4.98 Å². The molecule has 0 spiro atoms. The predicted octanol–water partition coefficient (Wildman–Crippen LogP) is 2.93. The third kappa shape index (κ3) is 4.67. The van der Waals surface area contributed by atoms with Crippen molar-refractivity contribution in [1.29, 1.82) is 0 Å². The minimum Gasteiger partial charge on any atom is -0.611 e. The van der Waals surface area contributed by atoms with Crippen molar-refractivity contribution in [3.63, 3.8) is 0 Å². The van der Waals surface area contributed by atoms with Crippen LogP contribution in [0.3, 0.4) is 0 Å². The van der Waals surface area contributed by atoms with Gasteiger partial charge >= 0.3 is 0 Å². The van der Waals surface area contributed by atoms with Gasteiger partial charge in [-0.1, -0.05) is 31.9 Å². The van der Waals surface area contributed by atoms with E-state index >= 15 is 0 Å². The Bertz CT molecular complexity index is 967. The molecule has 4 rings (SSSR count). The number of rotatable bonds is 6. The van der Waals surface area contributed by atoms with E-state index < -0.39 is 11.2 Å². The molecule has 2 aliphatic rings. The zero-order chi connectivity index (χ0) is 22.0. The average Bonchev–Trinajstić information content (AvgIpc) is 3.18. The van der Waals surface area contributed by atoms with Crippen LogP contribution in [0.4, 0.5) is 11.8 Å². The summed E-state index contributed by atoms with van der Waals surface area (Å²) in [5.41, 5.74) is 3.09. The lowest BCUT2D eigenvalue weighted by atomic mass is 9.89. The number of aliphatic hydroxyl groups excluding tert-OH is 1. The molecule has 0 amide bonds. The smallest absolute Gasteiger partial charge is 0.227 e. The molecule has 0 bridgehead atoms. The Morgan fingerprint density at radius 3 is 2.77 bits per heavy atom. The Balaban J connectivity index is 1.54. The van der Waals surface area contributed by atoms with Gasteiger partial charge in [0.05, 0.1) is 12.6 Å². The number of nitrogens with one attached hydrogen (secondary N) is 1. The van der Waals surface area contributed by atoms with Crippen LogP contribution in [-0.2, 0) is 17.6 Å². The van der Waals surface area contributed by atoms with Crippen LogP contribution in [-0.4, -0.2) is 51.1 Å². The second-order valence-corrected chi connectivity index (χ2v) is 10.2. The first-order valence-electron chi connectivity index (χ1n) is 11.0. The molecule has 2 N–H and O–H groups in total. The number of aliphatic hydroxyl groups is 1. The maximum atomic E-state index is 12.6. The number of nitrogens with zero attached hydrogens (tertiary/aromatic N) is 3. The van der Waals surface area contributed by atoms with Gasteiger partial charge in [0.1, 0.15) is 11.4 Å². The van der Waals surface area contributed by atoms with Crippen molar-refractivity contribution >= 4 is 22.9 Å². The maximum absolute atomic E-state index is 12.6. The topological polar surface area (TPSA) is 84.3 Å². The molecule has 2 aliphatic heterocycles. The number of hydrogen-bond acceptors (Lipinski definition) is 6. The SMILES string of the molecule is C#Cc1cccc(C2CCN(c3nc4c(c(N[C@@H](CO)C(C)C)n3)[S+]([O-])CC4)CC2)c1. The van der Waals surface area contributed by atoms with Crippen LogP contribution >= 0.6 is 0 Å². The van der Waals surface area contributed by atoms with Gasteiger partial charge in [0.2, 0.25) is 10.8 Å². The molecule has 2 aromatic rings. The van der Waals surface area contributed by atoms with Crippen molar-refractivity contribution in [2.45, 2.75) is 50.0 Å². The van der Waals surface area contributed by atoms with Crippen LogP contribution < -0.4 is 10.2 Å². The molecule has 6 nitrogen and oxygen atoms in total. The van der Waals surface area contributed by atoms with Gasteiger partial charge in [0.25, 0.3) is 0 Å². The van der Waals surface area contributed by atoms with Crippen LogP contribution in [0.5, 0.6) is 0 Å². The molecule has 31 heavy (non-hydrogen) atoms. The van der Waals surface area contributed by atoms with E-state index in [0.29, 0.717) is 34.8 Å². The van der Waals surface area contributed by atoms with Crippen molar-refractivity contribution in [3.8, 4) is 12.3 Å². The van der Waals surface area contributed by atoms with Crippen molar-refractivity contribution < 1.29 is 9.66 Å². The van der Waals surface area contributed by atoms with Gasteiger partial charge in [-0.15, -0.1) is 6.42 Å². The molecule has 7 heteroatoms. The molecule has 2 atom stereocenters. The summed E-state index contributed by atoms with van der Waals surface area (Å²) >= 11 is -1.09. The predicted molar refractivity (Wildman–Crippen MR) is 125 cm³/mol. The third-order valence-corrected chi connectivity index (χ3v) is 7.76. The summed E-state index contributed by atoms with van der Waals surface area (Å²) in [4.78, 5) is 12.5. The monoisotopic (exact) mass is 438 g/mol. The van der Waals surface area contributed by atoms with Gasteiger partial charge in [0.15, 0.2) is 5.82 Å². The van der Waals surface area contributed by atoms with Gasteiger partial charge < -0.3 is 19.9 Å². The normalized spacial score (nSPS) is 19.9. The number of fused-ring (bicyclic) bond motifs is 1. The van der Waals surface area contributed by atoms with Gasteiger partial charge in [0, 0.05) is 25.1 Å². The highest BCUT2D eigenvalue weighted by Gasteiger charge is 2.34. The standard InChI is InChI=1S/C24H30N4O2S/c1-4-17-6-5-7-19(14-17)18-8-11-28(12-9-18)24-26-20-10-13-31(30)22(20)23(27-24)25-21(15-29)16(2)3/h1,5-7,14,16,18,21,29H,8-13,15H2,2-3H3,(H,25,26,27)/t21-,31?/m0/s1. The zero-order valence-electron chi connectivity index (χ0n) is 18.2. The third-order valence-electron chi connectivity index (χ3n) is 6.30. The van der Waals surface area contributed by atoms with Gasteiger partial charge in [-0.2, -0.15) is 4.98 Å². The molecule has 1 fully saturated rings. The van der Waals surface area contributed by atoms with Gasteiger partial charge in [-0.3, -0.25) is 0 Å². The summed E-state index contributed by atoms with van der Waals surface area (Å²) in [7, 11) is 0. The molecule has 1 unspecified atom stereocenters. The van der Waals surface area contributed by atoms with Crippen LogP contribution in [0.1, 0.15) is 49.4 Å². The van der Waals surface area contributed by atoms with Crippen LogP contribution in [0, 0.1) is 18.3 Å². The Morgan fingerprint density at radius 2 is 2.10 bits per heavy atom. The summed E-state index contributed by atoms with van der Waals surface area (Å²) in [6, 6.07) is 8.13. The first kappa shape index (κ1) is 21.9. The Kier molecular flexibility index (Phi) is 6.71. The summed E-state index contributed by atoms with van der Waals surface area (Å²) in [5, 5.41) is 13.1. The quantitative estimate of drug-likeness (QED) is 0.533. The minimum absolute atomic E-state index is 0.000522. The molecule has 1 aromatic heterocycles. The van der Waals surface area contributed by atoms with E-state index in [1.165, 1.54) is 5.56 Å². The molecule has 1 aromatic carbocycles. The van der Waals surface area contributed by atoms with E-state index in [1.54, 1.807) is 0 Å². The summed E-state index contributed by atoms with van der Waals surface area (Å²) in [6.45, 7) is 5.82. The van der Waals surface area contributed by atoms with Crippen LogP contribution in [0.2, 0.25) is 0 Å². The number of terminal acetylenes is 1. The summed E-state index contributed by atoms with van der Waals surface area (Å²) in [5.74, 6) is 5.32. The van der Waals surface area contributed by atoms with E-state index in [1.807, 2.05) is 26.0 Å². The van der Waals surface area contributed by atoms with Crippen molar-refractivity contribution in [2.75, 3.05) is 35.7 Å². The fraction of sp³-hybridized carbons (Fsp3) is 0.500. The number of hydrogen-bond donors (Lipinski definition) is 2. The van der Waals surface area contributed by atoms with E-state index in [0.717, 1.165) is 37.2 Å². The Labute approximate surface area is 187 Å². The average molecular weight is 439 g/mol. The number of anilines is 2. The van der Waals surface area contributed by atoms with Crippen molar-refractivity contribution in [2.24, 2.45) is 5.92 Å². The maximum Gasteiger partial charge on any atom is 0.227 e. The lowest BCUT2D eigenvalue weighted by molar-refractivity contribution is 0.248. The highest BCUT2D eigenvalue weighted by molar-refractivity contribution is 7.91. The fourth-order valence-electron chi connectivity index (χ4n) is 4.32. The molecule has 3 heterocycles. The summed E-state index contributed by atoms with van der Waals surface area (Å²) < 4.78 is 12.6. The molecular formula is C24H30N4O2S. The minimum atomic E-state index is -1.09. The Hall–Kier alpha value is -2.27. The number of benzene rings is 1. The number of aryl methyl sites for hydroxylation is 1. The molecule has 0 aliphatic carbocycles. The highest BCUT2D eigenvalue weighted by Crippen LogP contribution is 2.35. The van der Waals surface area contributed by atoms with E-state index in [2.05, 4.69) is 28.3 Å². The molecule has 1 saturated heterocycles. The zero-order valence-corrected chi connectivity index (χ0v) is 19.0. The second-order valence-electron chi connectivity index (χ2n) is 8.66. The van der Waals surface area contributed by atoms with Crippen LogP contribution in [0.25, 0.3) is 0 Å². The lowest BCUT2D eigenvalue weighted by Crippen LogP contribution is -2.35. The van der Waals surface area contributed by atoms with Gasteiger partial charge in [-0.05, 0) is 53.5 Å². The molecule has 164 valence electrons. The first-order valence-corrected chi connectivity index (χ1v) is 12.3. The largest absolute Gasteiger partial charge is 0.611 e. The molecular weight excluding hydrogens is 408 g/mol. The lowest BCUT2D eigenvalue weighted by Gasteiger charge is -2.33. The summed E-state index contributed by atoms with van der Waals surface area (Å²) in [6.07, 6.45) is 8.28. The molecule has 0 saturated carbocycles.